The number of fused-ring (bicyclic) bond motifs is 1. The van der Waals surface area contributed by atoms with Crippen LogP contribution in [0.25, 0.3) is 11.1 Å². The number of hydrogen-bond donors (Lipinski definition) is 1. The van der Waals surface area contributed by atoms with E-state index in [2.05, 4.69) is 44.5 Å². The van der Waals surface area contributed by atoms with E-state index in [1.165, 1.54) is 5.56 Å². The van der Waals surface area contributed by atoms with Gasteiger partial charge in [0, 0.05) is 25.2 Å². The number of nitrogens with zero attached hydrogens (tertiary/aromatic N) is 3. The summed E-state index contributed by atoms with van der Waals surface area (Å²) in [4.78, 5) is 23.7. The monoisotopic (exact) mass is 392 g/mol. The molecule has 152 valence electrons. The first-order chi connectivity index (χ1) is 14.1. The molecule has 1 N–H and O–H groups in total. The number of hydrogen-bond acceptors (Lipinski definition) is 5. The molecule has 6 heteroatoms. The highest BCUT2D eigenvalue weighted by atomic mass is 16.3. The van der Waals surface area contributed by atoms with Crippen LogP contribution in [0.2, 0.25) is 0 Å². The van der Waals surface area contributed by atoms with Crippen LogP contribution in [0.15, 0.2) is 41.1 Å². The Balaban J connectivity index is 1.36. The Morgan fingerprint density at radius 3 is 2.90 bits per heavy atom. The van der Waals surface area contributed by atoms with Crippen LogP contribution in [0.1, 0.15) is 36.1 Å². The van der Waals surface area contributed by atoms with Gasteiger partial charge in [-0.3, -0.25) is 4.79 Å². The van der Waals surface area contributed by atoms with Gasteiger partial charge >= 0.3 is 0 Å². The van der Waals surface area contributed by atoms with Gasteiger partial charge in [-0.1, -0.05) is 30.3 Å². The lowest BCUT2D eigenvalue weighted by atomic mass is 9.96. The minimum absolute atomic E-state index is 0.0150. The first kappa shape index (κ1) is 19.4. The van der Waals surface area contributed by atoms with E-state index in [1.807, 2.05) is 19.9 Å². The van der Waals surface area contributed by atoms with Crippen LogP contribution < -0.4 is 10.2 Å². The van der Waals surface area contributed by atoms with Gasteiger partial charge in [0.1, 0.15) is 17.9 Å². The van der Waals surface area contributed by atoms with Gasteiger partial charge in [0.05, 0.1) is 11.3 Å². The van der Waals surface area contributed by atoms with Crippen molar-refractivity contribution in [2.45, 2.75) is 39.5 Å². The lowest BCUT2D eigenvalue weighted by Gasteiger charge is -2.33. The number of aryl methyl sites for hydroxylation is 3. The van der Waals surface area contributed by atoms with Crippen molar-refractivity contribution >= 4 is 22.8 Å². The molecule has 4 rings (SSSR count). The van der Waals surface area contributed by atoms with Gasteiger partial charge in [0.2, 0.25) is 11.6 Å². The summed E-state index contributed by atoms with van der Waals surface area (Å²) in [5, 5.41) is 4.10. The number of amides is 1. The third-order valence-corrected chi connectivity index (χ3v) is 5.82. The maximum atomic E-state index is 12.7. The largest absolute Gasteiger partial charge is 0.443 e. The minimum atomic E-state index is -0.0150. The number of benzene rings is 1. The molecular weight excluding hydrogens is 364 g/mol. The van der Waals surface area contributed by atoms with Crippen LogP contribution >= 0.6 is 0 Å². The standard InChI is InChI=1S/C23H28N4O2/c1-16-17(2)29-23-20(16)21(25-15-26-23)27-13-7-11-19(14-27)22(28)24-12-6-10-18-8-4-3-5-9-18/h3-5,8-9,15,19H,6-7,10-14H2,1-2H3,(H,24,28)/t19-/m1/s1. The van der Waals surface area contributed by atoms with E-state index >= 15 is 0 Å². The maximum Gasteiger partial charge on any atom is 0.231 e. The molecule has 1 amide bonds. The number of nitrogens with one attached hydrogen (secondary N) is 1. The molecule has 29 heavy (non-hydrogen) atoms. The third kappa shape index (κ3) is 4.26. The highest BCUT2D eigenvalue weighted by Gasteiger charge is 2.28. The zero-order valence-electron chi connectivity index (χ0n) is 17.1. The van der Waals surface area contributed by atoms with E-state index < -0.39 is 0 Å². The molecule has 6 nitrogen and oxygen atoms in total. The van der Waals surface area contributed by atoms with E-state index in [1.54, 1.807) is 6.33 Å². The van der Waals surface area contributed by atoms with Gasteiger partial charge in [0.25, 0.3) is 0 Å². The van der Waals surface area contributed by atoms with Crippen molar-refractivity contribution in [3.05, 3.63) is 53.5 Å². The predicted molar refractivity (Wildman–Crippen MR) is 114 cm³/mol. The Labute approximate surface area is 171 Å². The molecular formula is C23H28N4O2. The average Bonchev–Trinajstić information content (AvgIpc) is 3.05. The number of carbonyl (C=O) groups is 1. The molecule has 0 saturated carbocycles. The van der Waals surface area contributed by atoms with E-state index in [0.29, 0.717) is 18.8 Å². The highest BCUT2D eigenvalue weighted by molar-refractivity contribution is 5.90. The molecule has 0 unspecified atom stereocenters. The molecule has 0 spiro atoms. The van der Waals surface area contributed by atoms with Gasteiger partial charge in [-0.05, 0) is 45.1 Å². The first-order valence-electron chi connectivity index (χ1n) is 10.4. The second kappa shape index (κ2) is 8.64. The predicted octanol–water partition coefficient (Wildman–Crippen LogP) is 3.81. The van der Waals surface area contributed by atoms with Crippen molar-refractivity contribution in [3.63, 3.8) is 0 Å². The fourth-order valence-corrected chi connectivity index (χ4v) is 4.08. The van der Waals surface area contributed by atoms with Crippen molar-refractivity contribution in [2.24, 2.45) is 5.92 Å². The van der Waals surface area contributed by atoms with Gasteiger partial charge in [-0.15, -0.1) is 0 Å². The second-order valence-electron chi connectivity index (χ2n) is 7.83. The average molecular weight is 393 g/mol. The molecule has 1 fully saturated rings. The summed E-state index contributed by atoms with van der Waals surface area (Å²) in [6.45, 7) is 6.27. The number of piperidine rings is 1. The van der Waals surface area contributed by atoms with Crippen molar-refractivity contribution in [1.82, 2.24) is 15.3 Å². The first-order valence-corrected chi connectivity index (χ1v) is 10.4. The molecule has 1 aliphatic rings. The number of carbonyl (C=O) groups excluding carboxylic acids is 1. The van der Waals surface area contributed by atoms with Crippen molar-refractivity contribution < 1.29 is 9.21 Å². The highest BCUT2D eigenvalue weighted by Crippen LogP contribution is 2.32. The molecule has 1 aliphatic heterocycles. The van der Waals surface area contributed by atoms with Crippen molar-refractivity contribution in [3.8, 4) is 0 Å². The molecule has 1 saturated heterocycles. The SMILES string of the molecule is Cc1oc2ncnc(N3CCC[C@@H](C(=O)NCCCc4ccccc4)C3)c2c1C. The number of anilines is 1. The van der Waals surface area contributed by atoms with E-state index in [4.69, 9.17) is 4.42 Å². The zero-order valence-corrected chi connectivity index (χ0v) is 17.1. The van der Waals surface area contributed by atoms with Crippen LogP contribution in [-0.2, 0) is 11.2 Å². The molecule has 1 atom stereocenters. The summed E-state index contributed by atoms with van der Waals surface area (Å²) in [6, 6.07) is 10.4. The molecule has 3 heterocycles. The van der Waals surface area contributed by atoms with Gasteiger partial charge in [0.15, 0.2) is 0 Å². The zero-order chi connectivity index (χ0) is 20.2. The lowest BCUT2D eigenvalue weighted by molar-refractivity contribution is -0.125. The summed E-state index contributed by atoms with van der Waals surface area (Å²) >= 11 is 0. The van der Waals surface area contributed by atoms with Crippen LogP contribution in [0, 0.1) is 19.8 Å². The Kier molecular flexibility index (Phi) is 5.79. The van der Waals surface area contributed by atoms with Gasteiger partial charge in [-0.2, -0.15) is 0 Å². The quantitative estimate of drug-likeness (QED) is 0.646. The van der Waals surface area contributed by atoms with E-state index in [9.17, 15) is 4.79 Å². The van der Waals surface area contributed by atoms with Crippen molar-refractivity contribution in [2.75, 3.05) is 24.5 Å². The minimum Gasteiger partial charge on any atom is -0.443 e. The number of aromatic nitrogens is 2. The summed E-state index contributed by atoms with van der Waals surface area (Å²) in [7, 11) is 0. The van der Waals surface area contributed by atoms with Crippen LogP contribution in [-0.4, -0.2) is 35.5 Å². The number of rotatable bonds is 6. The smallest absolute Gasteiger partial charge is 0.231 e. The number of furan rings is 1. The Morgan fingerprint density at radius 1 is 1.24 bits per heavy atom. The van der Waals surface area contributed by atoms with Crippen LogP contribution in [0.3, 0.4) is 0 Å². The van der Waals surface area contributed by atoms with Crippen LogP contribution in [0.5, 0.6) is 0 Å². The Morgan fingerprint density at radius 2 is 2.07 bits per heavy atom. The Bertz CT molecular complexity index is 983. The van der Waals surface area contributed by atoms with Gasteiger partial charge < -0.3 is 14.6 Å². The van der Waals surface area contributed by atoms with Crippen LogP contribution in [0.4, 0.5) is 5.82 Å². The lowest BCUT2D eigenvalue weighted by Crippen LogP contribution is -2.43. The van der Waals surface area contributed by atoms with Crippen molar-refractivity contribution in [1.29, 1.82) is 0 Å². The third-order valence-electron chi connectivity index (χ3n) is 5.82. The van der Waals surface area contributed by atoms with Gasteiger partial charge in [-0.25, -0.2) is 9.97 Å². The molecule has 3 aromatic rings. The molecule has 0 aliphatic carbocycles. The molecule has 1 aromatic carbocycles. The van der Waals surface area contributed by atoms with E-state index in [0.717, 1.165) is 54.8 Å². The maximum absolute atomic E-state index is 12.7. The normalized spacial score (nSPS) is 16.9. The second-order valence-corrected chi connectivity index (χ2v) is 7.83. The van der Waals surface area contributed by atoms with E-state index in [-0.39, 0.29) is 11.8 Å². The Hall–Kier alpha value is -2.89. The topological polar surface area (TPSA) is 71.3 Å². The summed E-state index contributed by atoms with van der Waals surface area (Å²) in [5.41, 5.74) is 3.00. The molecule has 0 radical (unpaired) electrons. The summed E-state index contributed by atoms with van der Waals surface area (Å²) in [6.07, 6.45) is 5.37. The summed E-state index contributed by atoms with van der Waals surface area (Å²) in [5.74, 6) is 1.88. The fraction of sp³-hybridized carbons (Fsp3) is 0.435. The summed E-state index contributed by atoms with van der Waals surface area (Å²) < 4.78 is 5.75. The molecule has 2 aromatic heterocycles. The fourth-order valence-electron chi connectivity index (χ4n) is 4.08. The molecule has 0 bridgehead atoms.